The van der Waals surface area contributed by atoms with E-state index in [1.807, 2.05) is 49.6 Å². The number of thiophene rings is 1. The number of benzene rings is 1. The molecule has 2 amide bonds. The number of anilines is 1. The van der Waals surface area contributed by atoms with E-state index >= 15 is 0 Å². The Kier molecular flexibility index (Phi) is 3.58. The van der Waals surface area contributed by atoms with Gasteiger partial charge in [0.1, 0.15) is 5.70 Å². The van der Waals surface area contributed by atoms with Crippen LogP contribution in [0.25, 0.3) is 5.57 Å². The Morgan fingerprint density at radius 2 is 1.86 bits per heavy atom. The molecule has 1 aromatic carbocycles. The molecule has 1 aliphatic rings. The van der Waals surface area contributed by atoms with E-state index in [4.69, 9.17) is 0 Å². The van der Waals surface area contributed by atoms with Crippen LogP contribution in [0.3, 0.4) is 0 Å². The molecule has 2 aromatic rings. The van der Waals surface area contributed by atoms with Gasteiger partial charge in [0.2, 0.25) is 0 Å². The van der Waals surface area contributed by atoms with Crippen molar-refractivity contribution < 1.29 is 9.59 Å². The number of hydrogen-bond donors (Lipinski definition) is 1. The molecule has 0 saturated carbocycles. The van der Waals surface area contributed by atoms with Crippen LogP contribution in [0.15, 0.2) is 41.4 Å². The van der Waals surface area contributed by atoms with Gasteiger partial charge in [-0.15, -0.1) is 11.3 Å². The minimum absolute atomic E-state index is 0.264. The molecular weight excluding hydrogens is 296 g/mol. The van der Waals surface area contributed by atoms with Crippen LogP contribution in [0.1, 0.15) is 16.0 Å². The lowest BCUT2D eigenvalue weighted by Crippen LogP contribution is -2.27. The molecule has 2 heterocycles. The van der Waals surface area contributed by atoms with Crippen molar-refractivity contribution in [2.75, 3.05) is 12.4 Å². The number of likely N-dealkylation sites (N-methyl/N-ethyl adjacent to an activating group) is 1. The largest absolute Gasteiger partial charge is 0.350 e. The molecule has 0 fully saturated rings. The van der Waals surface area contributed by atoms with Gasteiger partial charge in [0.05, 0.1) is 5.57 Å². The lowest BCUT2D eigenvalue weighted by molar-refractivity contribution is -0.135. The van der Waals surface area contributed by atoms with Gasteiger partial charge in [0.15, 0.2) is 0 Å². The summed E-state index contributed by atoms with van der Waals surface area (Å²) in [4.78, 5) is 26.7. The quantitative estimate of drug-likeness (QED) is 0.886. The van der Waals surface area contributed by atoms with E-state index in [9.17, 15) is 9.59 Å². The average molecular weight is 312 g/mol. The van der Waals surface area contributed by atoms with Crippen molar-refractivity contribution in [1.82, 2.24) is 4.90 Å². The fourth-order valence-corrected chi connectivity index (χ4v) is 3.26. The third kappa shape index (κ3) is 2.33. The van der Waals surface area contributed by atoms with Gasteiger partial charge in [-0.1, -0.05) is 23.8 Å². The van der Waals surface area contributed by atoms with Gasteiger partial charge >= 0.3 is 0 Å². The van der Waals surface area contributed by atoms with E-state index in [-0.39, 0.29) is 11.8 Å². The van der Waals surface area contributed by atoms with Crippen LogP contribution in [0.4, 0.5) is 5.69 Å². The number of aryl methyl sites for hydroxylation is 2. The van der Waals surface area contributed by atoms with Crippen molar-refractivity contribution in [3.8, 4) is 0 Å². The predicted octanol–water partition coefficient (Wildman–Crippen LogP) is 3.19. The molecule has 1 aliphatic heterocycles. The molecule has 1 N–H and O–H groups in total. The summed E-state index contributed by atoms with van der Waals surface area (Å²) in [5.74, 6) is -0.562. The van der Waals surface area contributed by atoms with E-state index in [2.05, 4.69) is 5.32 Å². The van der Waals surface area contributed by atoms with Gasteiger partial charge < -0.3 is 5.32 Å². The second-order valence-corrected chi connectivity index (χ2v) is 6.29. The number of carbonyl (C=O) groups excluding carboxylic acids is 2. The third-order valence-electron chi connectivity index (χ3n) is 3.70. The number of carbonyl (C=O) groups is 2. The van der Waals surface area contributed by atoms with Crippen molar-refractivity contribution in [2.24, 2.45) is 0 Å². The molecule has 0 bridgehead atoms. The Bertz CT molecular complexity index is 791. The molecule has 0 atom stereocenters. The first-order valence-electron chi connectivity index (χ1n) is 6.94. The maximum Gasteiger partial charge on any atom is 0.277 e. The fraction of sp³-hybridized carbons (Fsp3) is 0.176. The van der Waals surface area contributed by atoms with Gasteiger partial charge in [0.25, 0.3) is 11.8 Å². The van der Waals surface area contributed by atoms with E-state index in [0.717, 1.165) is 26.6 Å². The highest BCUT2D eigenvalue weighted by Crippen LogP contribution is 2.32. The van der Waals surface area contributed by atoms with Crippen LogP contribution in [-0.2, 0) is 9.59 Å². The highest BCUT2D eigenvalue weighted by atomic mass is 32.1. The van der Waals surface area contributed by atoms with Crippen LogP contribution >= 0.6 is 11.3 Å². The highest BCUT2D eigenvalue weighted by molar-refractivity contribution is 7.11. The first kappa shape index (κ1) is 14.5. The summed E-state index contributed by atoms with van der Waals surface area (Å²) in [6.07, 6.45) is 0. The van der Waals surface area contributed by atoms with E-state index in [1.165, 1.54) is 18.4 Å². The van der Waals surface area contributed by atoms with E-state index < -0.39 is 0 Å². The fourth-order valence-electron chi connectivity index (χ4n) is 2.50. The zero-order valence-corrected chi connectivity index (χ0v) is 13.5. The van der Waals surface area contributed by atoms with Crippen molar-refractivity contribution in [3.05, 3.63) is 57.4 Å². The first-order chi connectivity index (χ1) is 10.5. The normalized spacial score (nSPS) is 15.0. The summed E-state index contributed by atoms with van der Waals surface area (Å²) in [6.45, 7) is 4.00. The Morgan fingerprint density at radius 1 is 1.09 bits per heavy atom. The summed E-state index contributed by atoms with van der Waals surface area (Å²) in [5.41, 5.74) is 3.82. The zero-order valence-electron chi connectivity index (χ0n) is 12.6. The molecule has 0 saturated heterocycles. The van der Waals surface area contributed by atoms with Crippen LogP contribution in [0.5, 0.6) is 0 Å². The molecule has 5 heteroatoms. The lowest BCUT2D eigenvalue weighted by Gasteiger charge is -2.11. The van der Waals surface area contributed by atoms with Gasteiger partial charge in [0, 0.05) is 17.6 Å². The number of imide groups is 1. The summed E-state index contributed by atoms with van der Waals surface area (Å²) in [5, 5.41) is 5.06. The average Bonchev–Trinajstić information content (AvgIpc) is 3.06. The number of hydrogen-bond acceptors (Lipinski definition) is 4. The number of nitrogens with zero attached hydrogens (tertiary/aromatic N) is 1. The van der Waals surface area contributed by atoms with Crippen LogP contribution < -0.4 is 5.32 Å². The highest BCUT2D eigenvalue weighted by Gasteiger charge is 2.37. The van der Waals surface area contributed by atoms with Crippen molar-refractivity contribution >= 4 is 34.4 Å². The van der Waals surface area contributed by atoms with Crippen LogP contribution in [-0.4, -0.2) is 23.8 Å². The van der Waals surface area contributed by atoms with Crippen LogP contribution in [0.2, 0.25) is 0 Å². The maximum atomic E-state index is 12.4. The molecule has 4 nitrogen and oxygen atoms in total. The van der Waals surface area contributed by atoms with Crippen molar-refractivity contribution in [2.45, 2.75) is 13.8 Å². The summed E-state index contributed by atoms with van der Waals surface area (Å²) in [7, 11) is 1.51. The summed E-state index contributed by atoms with van der Waals surface area (Å²) >= 11 is 1.45. The SMILES string of the molecule is Cc1ccc(NC2=C(c3cccs3)C(=O)N(C)C2=O)c(C)c1. The smallest absolute Gasteiger partial charge is 0.277 e. The Hall–Kier alpha value is -2.40. The number of amides is 2. The number of nitrogens with one attached hydrogen (secondary N) is 1. The van der Waals surface area contributed by atoms with Gasteiger partial charge in [-0.3, -0.25) is 14.5 Å². The van der Waals surface area contributed by atoms with E-state index in [1.54, 1.807) is 0 Å². The molecule has 0 unspecified atom stereocenters. The molecule has 0 aliphatic carbocycles. The Labute approximate surface area is 133 Å². The molecule has 0 spiro atoms. The zero-order chi connectivity index (χ0) is 15.9. The molecule has 112 valence electrons. The van der Waals surface area contributed by atoms with Gasteiger partial charge in [-0.25, -0.2) is 0 Å². The topological polar surface area (TPSA) is 49.4 Å². The Morgan fingerprint density at radius 3 is 2.50 bits per heavy atom. The van der Waals surface area contributed by atoms with E-state index in [0.29, 0.717) is 11.3 Å². The maximum absolute atomic E-state index is 12.4. The second-order valence-electron chi connectivity index (χ2n) is 5.34. The minimum atomic E-state index is -0.298. The van der Waals surface area contributed by atoms with Crippen molar-refractivity contribution in [1.29, 1.82) is 0 Å². The molecule has 0 radical (unpaired) electrons. The monoisotopic (exact) mass is 312 g/mol. The minimum Gasteiger partial charge on any atom is -0.350 e. The standard InChI is InChI=1S/C17H16N2O2S/c1-10-6-7-12(11(2)9-10)18-15-14(13-5-4-8-22-13)16(20)19(3)17(15)21/h4-9,18H,1-3H3. The Balaban J connectivity index is 2.08. The second kappa shape index (κ2) is 5.42. The van der Waals surface area contributed by atoms with Crippen LogP contribution in [0, 0.1) is 13.8 Å². The number of rotatable bonds is 3. The molecule has 22 heavy (non-hydrogen) atoms. The molecule has 3 rings (SSSR count). The predicted molar refractivity (Wildman–Crippen MR) is 88.6 cm³/mol. The van der Waals surface area contributed by atoms with Gasteiger partial charge in [-0.2, -0.15) is 0 Å². The summed E-state index contributed by atoms with van der Waals surface area (Å²) in [6, 6.07) is 9.68. The molecular formula is C17H16N2O2S. The van der Waals surface area contributed by atoms with Crippen molar-refractivity contribution in [3.63, 3.8) is 0 Å². The third-order valence-corrected chi connectivity index (χ3v) is 4.58. The first-order valence-corrected chi connectivity index (χ1v) is 7.82. The lowest BCUT2D eigenvalue weighted by atomic mass is 10.1. The molecule has 1 aromatic heterocycles. The summed E-state index contributed by atoms with van der Waals surface area (Å²) < 4.78 is 0. The van der Waals surface area contributed by atoms with Gasteiger partial charge in [-0.05, 0) is 36.9 Å².